The first-order valence-electron chi connectivity index (χ1n) is 5.57. The van der Waals surface area contributed by atoms with Crippen molar-refractivity contribution in [3.05, 3.63) is 0 Å². The summed E-state index contributed by atoms with van der Waals surface area (Å²) in [6.45, 7) is 13.0. The maximum absolute atomic E-state index is 11.5. The second-order valence-electron chi connectivity index (χ2n) is 5.08. The molecule has 0 bridgehead atoms. The van der Waals surface area contributed by atoms with Crippen molar-refractivity contribution in [1.82, 2.24) is 10.3 Å². The van der Waals surface area contributed by atoms with E-state index >= 15 is 0 Å². The number of carbonyl (C=O) groups is 1. The van der Waals surface area contributed by atoms with Gasteiger partial charge in [-0.15, -0.1) is 0 Å². The topological polar surface area (TPSA) is 58.4 Å². The van der Waals surface area contributed by atoms with E-state index in [1.165, 1.54) is 0 Å². The van der Waals surface area contributed by atoms with Crippen molar-refractivity contribution in [3.8, 4) is 0 Å². The van der Waals surface area contributed by atoms with Crippen molar-refractivity contribution < 1.29 is 4.79 Å². The van der Waals surface area contributed by atoms with Crippen LogP contribution in [0.1, 0.15) is 34.6 Å². The van der Waals surface area contributed by atoms with E-state index in [0.717, 1.165) is 19.6 Å². The molecule has 0 spiro atoms. The van der Waals surface area contributed by atoms with Crippen molar-refractivity contribution in [2.24, 2.45) is 17.2 Å². The zero-order valence-electron chi connectivity index (χ0n) is 10.6. The molecule has 0 fully saturated rings. The van der Waals surface area contributed by atoms with Gasteiger partial charge in [-0.1, -0.05) is 20.8 Å². The number of hydrogen-bond donors (Lipinski definition) is 2. The van der Waals surface area contributed by atoms with Gasteiger partial charge in [-0.05, 0) is 26.3 Å². The first kappa shape index (κ1) is 14.4. The van der Waals surface area contributed by atoms with E-state index in [9.17, 15) is 4.79 Å². The average Bonchev–Trinajstić information content (AvgIpc) is 2.14. The Bertz CT molecular complexity index is 202. The van der Waals surface area contributed by atoms with Gasteiger partial charge in [0.05, 0.1) is 5.41 Å². The van der Waals surface area contributed by atoms with Crippen LogP contribution >= 0.6 is 0 Å². The molecule has 4 nitrogen and oxygen atoms in total. The van der Waals surface area contributed by atoms with Crippen LogP contribution in [0.5, 0.6) is 0 Å². The van der Waals surface area contributed by atoms with Gasteiger partial charge in [0.2, 0.25) is 5.91 Å². The molecule has 4 heteroatoms. The maximum atomic E-state index is 11.5. The van der Waals surface area contributed by atoms with Crippen LogP contribution in [0.25, 0.3) is 0 Å². The lowest BCUT2D eigenvalue weighted by atomic mass is 9.91. The number of nitrogens with one attached hydrogen (secondary N) is 1. The fourth-order valence-electron chi connectivity index (χ4n) is 1.65. The fraction of sp³-hybridized carbons (Fsp3) is 0.909. The molecule has 0 aliphatic carbocycles. The van der Waals surface area contributed by atoms with Gasteiger partial charge in [-0.3, -0.25) is 10.2 Å². The molecule has 0 aliphatic heterocycles. The van der Waals surface area contributed by atoms with Gasteiger partial charge in [0.25, 0.3) is 0 Å². The highest BCUT2D eigenvalue weighted by Gasteiger charge is 2.29. The third-order valence-corrected chi connectivity index (χ3v) is 2.44. The van der Waals surface area contributed by atoms with Crippen LogP contribution < -0.4 is 11.3 Å². The van der Waals surface area contributed by atoms with Crippen molar-refractivity contribution in [3.63, 3.8) is 0 Å². The van der Waals surface area contributed by atoms with E-state index in [4.69, 9.17) is 5.84 Å². The maximum Gasteiger partial charge on any atom is 0.240 e. The molecule has 0 saturated carbocycles. The van der Waals surface area contributed by atoms with Gasteiger partial charge in [0, 0.05) is 13.1 Å². The minimum atomic E-state index is -0.431. The summed E-state index contributed by atoms with van der Waals surface area (Å²) >= 11 is 0. The average molecular weight is 215 g/mol. The first-order chi connectivity index (χ1) is 6.83. The zero-order chi connectivity index (χ0) is 12.1. The third kappa shape index (κ3) is 5.14. The van der Waals surface area contributed by atoms with E-state index in [1.54, 1.807) is 0 Å². The molecule has 1 amide bonds. The van der Waals surface area contributed by atoms with E-state index in [0.29, 0.717) is 5.92 Å². The highest BCUT2D eigenvalue weighted by atomic mass is 16.2. The number of rotatable bonds is 6. The SMILES string of the molecule is CCN(CC(C)C)CC(C)(C)C(=O)NN. The van der Waals surface area contributed by atoms with Gasteiger partial charge in [-0.25, -0.2) is 5.84 Å². The Morgan fingerprint density at radius 2 is 2.00 bits per heavy atom. The minimum Gasteiger partial charge on any atom is -0.302 e. The Hall–Kier alpha value is -0.610. The summed E-state index contributed by atoms with van der Waals surface area (Å²) in [5.74, 6) is 5.66. The molecule has 0 aromatic rings. The molecule has 0 aliphatic rings. The Balaban J connectivity index is 4.33. The molecule has 0 radical (unpaired) electrons. The summed E-state index contributed by atoms with van der Waals surface area (Å²) in [6, 6.07) is 0. The summed E-state index contributed by atoms with van der Waals surface area (Å²) in [7, 11) is 0. The summed E-state index contributed by atoms with van der Waals surface area (Å²) in [5.41, 5.74) is 1.79. The zero-order valence-corrected chi connectivity index (χ0v) is 10.6. The molecule has 0 aromatic carbocycles. The quantitative estimate of drug-likeness (QED) is 0.394. The van der Waals surface area contributed by atoms with E-state index in [2.05, 4.69) is 31.1 Å². The monoisotopic (exact) mass is 215 g/mol. The van der Waals surface area contributed by atoms with Crippen LogP contribution in [0.3, 0.4) is 0 Å². The van der Waals surface area contributed by atoms with Crippen molar-refractivity contribution in [1.29, 1.82) is 0 Å². The number of nitrogens with zero attached hydrogens (tertiary/aromatic N) is 1. The predicted molar refractivity (Wildman–Crippen MR) is 63.1 cm³/mol. The normalized spacial score (nSPS) is 12.3. The Morgan fingerprint density at radius 3 is 2.33 bits per heavy atom. The molecule has 0 saturated heterocycles. The third-order valence-electron chi connectivity index (χ3n) is 2.44. The van der Waals surface area contributed by atoms with Crippen molar-refractivity contribution >= 4 is 5.91 Å². The van der Waals surface area contributed by atoms with Crippen LogP contribution in [0, 0.1) is 11.3 Å². The van der Waals surface area contributed by atoms with E-state index in [-0.39, 0.29) is 5.91 Å². The van der Waals surface area contributed by atoms with Crippen LogP contribution in [0.15, 0.2) is 0 Å². The summed E-state index contributed by atoms with van der Waals surface area (Å²) in [5, 5.41) is 0. The van der Waals surface area contributed by atoms with Gasteiger partial charge in [0.1, 0.15) is 0 Å². The molecule has 15 heavy (non-hydrogen) atoms. The summed E-state index contributed by atoms with van der Waals surface area (Å²) in [4.78, 5) is 13.8. The first-order valence-corrected chi connectivity index (χ1v) is 5.57. The molecule has 0 heterocycles. The number of hydrogen-bond acceptors (Lipinski definition) is 3. The largest absolute Gasteiger partial charge is 0.302 e. The fourth-order valence-corrected chi connectivity index (χ4v) is 1.65. The molecule has 0 aromatic heterocycles. The van der Waals surface area contributed by atoms with Crippen molar-refractivity contribution in [2.75, 3.05) is 19.6 Å². The van der Waals surface area contributed by atoms with E-state index < -0.39 is 5.41 Å². The molecule has 0 atom stereocenters. The second kappa shape index (κ2) is 6.08. The van der Waals surface area contributed by atoms with Gasteiger partial charge in [-0.2, -0.15) is 0 Å². The van der Waals surface area contributed by atoms with Crippen molar-refractivity contribution in [2.45, 2.75) is 34.6 Å². The van der Waals surface area contributed by atoms with Crippen LogP contribution in [0.2, 0.25) is 0 Å². The van der Waals surface area contributed by atoms with E-state index in [1.807, 2.05) is 13.8 Å². The molecule has 3 N–H and O–H groups in total. The molecule has 90 valence electrons. The number of carbonyl (C=O) groups excluding carboxylic acids is 1. The lowest BCUT2D eigenvalue weighted by Gasteiger charge is -2.31. The lowest BCUT2D eigenvalue weighted by Crippen LogP contribution is -2.47. The lowest BCUT2D eigenvalue weighted by molar-refractivity contribution is -0.130. The second-order valence-corrected chi connectivity index (χ2v) is 5.08. The Kier molecular flexibility index (Phi) is 5.83. The molecular formula is C11H25N3O. The Labute approximate surface area is 93.2 Å². The van der Waals surface area contributed by atoms with Gasteiger partial charge < -0.3 is 4.90 Å². The standard InChI is InChI=1S/C11H25N3O/c1-6-14(7-9(2)3)8-11(4,5)10(15)13-12/h9H,6-8,12H2,1-5H3,(H,13,15). The highest BCUT2D eigenvalue weighted by Crippen LogP contribution is 2.17. The molecule has 0 unspecified atom stereocenters. The van der Waals surface area contributed by atoms with Crippen LogP contribution in [-0.2, 0) is 4.79 Å². The Morgan fingerprint density at radius 1 is 1.47 bits per heavy atom. The van der Waals surface area contributed by atoms with Gasteiger partial charge in [0.15, 0.2) is 0 Å². The number of hydrazine groups is 1. The molecular weight excluding hydrogens is 190 g/mol. The van der Waals surface area contributed by atoms with Crippen LogP contribution in [-0.4, -0.2) is 30.4 Å². The smallest absolute Gasteiger partial charge is 0.240 e. The summed E-state index contributed by atoms with van der Waals surface area (Å²) < 4.78 is 0. The number of nitrogens with two attached hydrogens (primary N) is 1. The molecule has 0 rings (SSSR count). The number of amides is 1. The minimum absolute atomic E-state index is 0.107. The van der Waals surface area contributed by atoms with Crippen LogP contribution in [0.4, 0.5) is 0 Å². The summed E-state index contributed by atoms with van der Waals surface area (Å²) in [6.07, 6.45) is 0. The highest BCUT2D eigenvalue weighted by molar-refractivity contribution is 5.81. The predicted octanol–water partition coefficient (Wildman–Crippen LogP) is 0.980. The van der Waals surface area contributed by atoms with Gasteiger partial charge >= 0.3 is 0 Å².